The topological polar surface area (TPSA) is 20.3 Å². The van der Waals surface area contributed by atoms with E-state index in [0.717, 1.165) is 16.5 Å². The first-order chi connectivity index (χ1) is 7.54. The van der Waals surface area contributed by atoms with Crippen LogP contribution in [0.1, 0.15) is 30.6 Å². The van der Waals surface area contributed by atoms with Crippen LogP contribution < -0.4 is 0 Å². The quantitative estimate of drug-likeness (QED) is 0.773. The first-order valence-corrected chi connectivity index (χ1v) is 6.33. The van der Waals surface area contributed by atoms with Gasteiger partial charge in [-0.3, -0.25) is 9.69 Å². The maximum absolute atomic E-state index is 12.0. The van der Waals surface area contributed by atoms with Crippen LogP contribution in [-0.2, 0) is 0 Å². The van der Waals surface area contributed by atoms with Crippen LogP contribution in [0.2, 0.25) is 0 Å². The van der Waals surface area contributed by atoms with Gasteiger partial charge in [0.15, 0.2) is 5.78 Å². The highest BCUT2D eigenvalue weighted by molar-refractivity contribution is 9.10. The van der Waals surface area contributed by atoms with Crippen LogP contribution >= 0.6 is 15.9 Å². The monoisotopic (exact) mass is 283 g/mol. The smallest absolute Gasteiger partial charge is 0.176 e. The van der Waals surface area contributed by atoms with Crippen LogP contribution in [-0.4, -0.2) is 30.3 Å². The molecule has 0 N–H and O–H groups in total. The van der Waals surface area contributed by atoms with Crippen LogP contribution in [0.5, 0.6) is 0 Å². The predicted molar refractivity (Wildman–Crippen MR) is 70.9 cm³/mol. The minimum atomic E-state index is 0.170. The number of rotatable bonds is 5. The molecule has 0 heterocycles. The van der Waals surface area contributed by atoms with Crippen molar-refractivity contribution >= 4 is 21.7 Å². The van der Waals surface area contributed by atoms with Crippen LogP contribution in [0.4, 0.5) is 0 Å². The summed E-state index contributed by atoms with van der Waals surface area (Å²) in [5.41, 5.74) is 0.768. The van der Waals surface area contributed by atoms with E-state index in [2.05, 4.69) is 34.7 Å². The molecule has 1 aromatic carbocycles. The molecule has 0 bridgehead atoms. The van der Waals surface area contributed by atoms with Gasteiger partial charge in [0.2, 0.25) is 0 Å². The second-order valence-electron chi connectivity index (χ2n) is 4.11. The lowest BCUT2D eigenvalue weighted by atomic mass is 10.1. The normalized spacial score (nSPS) is 12.8. The minimum absolute atomic E-state index is 0.170. The maximum atomic E-state index is 12.0. The largest absolute Gasteiger partial charge is 0.296 e. The van der Waals surface area contributed by atoms with Gasteiger partial charge in [-0.25, -0.2) is 0 Å². The number of benzene rings is 1. The lowest BCUT2D eigenvalue weighted by molar-refractivity contribution is 0.0923. The molecule has 0 radical (unpaired) electrons. The SMILES string of the molecule is CCC(C)N(C)CC(=O)c1cccc(Br)c1. The lowest BCUT2D eigenvalue weighted by Crippen LogP contribution is -2.33. The molecule has 1 atom stereocenters. The molecule has 88 valence electrons. The van der Waals surface area contributed by atoms with Crippen molar-refractivity contribution in [3.8, 4) is 0 Å². The first kappa shape index (κ1) is 13.4. The third-order valence-corrected chi connectivity index (χ3v) is 3.38. The molecule has 1 unspecified atom stereocenters. The molecule has 0 saturated carbocycles. The molecule has 0 saturated heterocycles. The number of ketones is 1. The van der Waals surface area contributed by atoms with Crippen molar-refractivity contribution in [3.05, 3.63) is 34.3 Å². The lowest BCUT2D eigenvalue weighted by Gasteiger charge is -2.22. The van der Waals surface area contributed by atoms with E-state index in [4.69, 9.17) is 0 Å². The number of carbonyl (C=O) groups excluding carboxylic acids is 1. The zero-order valence-electron chi connectivity index (χ0n) is 10.0. The van der Waals surface area contributed by atoms with Crippen molar-refractivity contribution in [2.75, 3.05) is 13.6 Å². The van der Waals surface area contributed by atoms with Crippen LogP contribution in [0, 0.1) is 0 Å². The molecule has 0 spiro atoms. The summed E-state index contributed by atoms with van der Waals surface area (Å²) in [4.78, 5) is 14.1. The van der Waals surface area contributed by atoms with Crippen molar-refractivity contribution in [2.45, 2.75) is 26.3 Å². The standard InChI is InChI=1S/C13H18BrNO/c1-4-10(2)15(3)9-13(16)11-6-5-7-12(14)8-11/h5-8,10H,4,9H2,1-3H3. The van der Waals surface area contributed by atoms with Gasteiger partial charge in [0, 0.05) is 16.1 Å². The molecular weight excluding hydrogens is 266 g/mol. The van der Waals surface area contributed by atoms with E-state index >= 15 is 0 Å². The number of likely N-dealkylation sites (N-methyl/N-ethyl adjacent to an activating group) is 1. The Balaban J connectivity index is 2.66. The molecule has 1 aromatic rings. The van der Waals surface area contributed by atoms with E-state index < -0.39 is 0 Å². The van der Waals surface area contributed by atoms with Gasteiger partial charge in [-0.2, -0.15) is 0 Å². The summed E-state index contributed by atoms with van der Waals surface area (Å²) in [6.45, 7) is 4.74. The highest BCUT2D eigenvalue weighted by Crippen LogP contribution is 2.13. The van der Waals surface area contributed by atoms with Gasteiger partial charge in [-0.15, -0.1) is 0 Å². The Morgan fingerprint density at radius 3 is 2.75 bits per heavy atom. The fourth-order valence-corrected chi connectivity index (χ4v) is 1.85. The number of halogens is 1. The molecule has 0 aliphatic carbocycles. The summed E-state index contributed by atoms with van der Waals surface area (Å²) in [5, 5.41) is 0. The average Bonchev–Trinajstić information content (AvgIpc) is 2.27. The number of Topliss-reactive ketones (excluding diaryl/α,β-unsaturated/α-hetero) is 1. The van der Waals surface area contributed by atoms with Gasteiger partial charge in [0.1, 0.15) is 0 Å². The molecule has 3 heteroatoms. The Kier molecular flexibility index (Phi) is 5.16. The van der Waals surface area contributed by atoms with Gasteiger partial charge >= 0.3 is 0 Å². The van der Waals surface area contributed by atoms with E-state index in [1.807, 2.05) is 31.3 Å². The Labute approximate surface area is 106 Å². The molecule has 0 aliphatic rings. The molecule has 16 heavy (non-hydrogen) atoms. The Bertz CT molecular complexity index is 365. The molecule has 0 amide bonds. The molecule has 0 aromatic heterocycles. The Morgan fingerprint density at radius 2 is 2.19 bits per heavy atom. The Hall–Kier alpha value is -0.670. The zero-order valence-corrected chi connectivity index (χ0v) is 11.6. The van der Waals surface area contributed by atoms with Crippen molar-refractivity contribution in [3.63, 3.8) is 0 Å². The number of hydrogen-bond acceptors (Lipinski definition) is 2. The van der Waals surface area contributed by atoms with Gasteiger partial charge in [0.25, 0.3) is 0 Å². The Morgan fingerprint density at radius 1 is 1.50 bits per heavy atom. The second-order valence-corrected chi connectivity index (χ2v) is 5.02. The van der Waals surface area contributed by atoms with Gasteiger partial charge in [-0.1, -0.05) is 35.0 Å². The maximum Gasteiger partial charge on any atom is 0.176 e. The fourth-order valence-electron chi connectivity index (χ4n) is 1.45. The van der Waals surface area contributed by atoms with E-state index in [1.165, 1.54) is 0 Å². The number of hydrogen-bond donors (Lipinski definition) is 0. The predicted octanol–water partition coefficient (Wildman–Crippen LogP) is 3.36. The van der Waals surface area contributed by atoms with E-state index in [1.54, 1.807) is 0 Å². The molecular formula is C13H18BrNO. The summed E-state index contributed by atoms with van der Waals surface area (Å²) in [6.07, 6.45) is 1.06. The van der Waals surface area contributed by atoms with E-state index in [9.17, 15) is 4.79 Å². The van der Waals surface area contributed by atoms with Crippen molar-refractivity contribution in [1.82, 2.24) is 4.90 Å². The fraction of sp³-hybridized carbons (Fsp3) is 0.462. The van der Waals surface area contributed by atoms with Crippen molar-refractivity contribution in [1.29, 1.82) is 0 Å². The third kappa shape index (κ3) is 3.72. The van der Waals surface area contributed by atoms with Gasteiger partial charge in [-0.05, 0) is 32.5 Å². The second kappa shape index (κ2) is 6.16. The van der Waals surface area contributed by atoms with E-state index in [-0.39, 0.29) is 5.78 Å². The van der Waals surface area contributed by atoms with Gasteiger partial charge < -0.3 is 0 Å². The summed E-state index contributed by atoms with van der Waals surface area (Å²) in [5.74, 6) is 0.170. The minimum Gasteiger partial charge on any atom is -0.296 e. The molecule has 2 nitrogen and oxygen atoms in total. The van der Waals surface area contributed by atoms with Crippen LogP contribution in [0.25, 0.3) is 0 Å². The number of nitrogens with zero attached hydrogens (tertiary/aromatic N) is 1. The molecule has 0 fully saturated rings. The molecule has 0 aliphatic heterocycles. The van der Waals surface area contributed by atoms with Crippen molar-refractivity contribution in [2.24, 2.45) is 0 Å². The zero-order chi connectivity index (χ0) is 12.1. The summed E-state index contributed by atoms with van der Waals surface area (Å²) >= 11 is 3.37. The average molecular weight is 284 g/mol. The van der Waals surface area contributed by atoms with E-state index in [0.29, 0.717) is 12.6 Å². The molecule has 1 rings (SSSR count). The van der Waals surface area contributed by atoms with Crippen molar-refractivity contribution < 1.29 is 4.79 Å². The van der Waals surface area contributed by atoms with Crippen LogP contribution in [0.15, 0.2) is 28.7 Å². The summed E-state index contributed by atoms with van der Waals surface area (Å²) < 4.78 is 0.949. The summed E-state index contributed by atoms with van der Waals surface area (Å²) in [7, 11) is 1.99. The van der Waals surface area contributed by atoms with Gasteiger partial charge in [0.05, 0.1) is 6.54 Å². The highest BCUT2D eigenvalue weighted by atomic mass is 79.9. The highest BCUT2D eigenvalue weighted by Gasteiger charge is 2.13. The van der Waals surface area contributed by atoms with Crippen LogP contribution in [0.3, 0.4) is 0 Å². The third-order valence-electron chi connectivity index (χ3n) is 2.88. The number of carbonyl (C=O) groups is 1. The summed E-state index contributed by atoms with van der Waals surface area (Å²) in [6, 6.07) is 7.98. The first-order valence-electron chi connectivity index (χ1n) is 5.53.